The van der Waals surface area contributed by atoms with E-state index in [0.717, 1.165) is 35.4 Å². The maximum Gasteiger partial charge on any atom is 0.104 e. The molecule has 2 aromatic heterocycles. The lowest BCUT2D eigenvalue weighted by Gasteiger charge is -2.15. The number of para-hydroxylation sites is 2. The Bertz CT molecular complexity index is 863. The van der Waals surface area contributed by atoms with Crippen LogP contribution in [0.25, 0.3) is 11.0 Å². The van der Waals surface area contributed by atoms with Crippen LogP contribution in [-0.2, 0) is 13.1 Å². The minimum atomic E-state index is -0.105. The minimum absolute atomic E-state index is 0.105. The van der Waals surface area contributed by atoms with Gasteiger partial charge in [0.2, 0.25) is 0 Å². The van der Waals surface area contributed by atoms with Gasteiger partial charge in [0.05, 0.1) is 22.9 Å². The van der Waals surface area contributed by atoms with Crippen molar-refractivity contribution in [1.29, 1.82) is 0 Å². The van der Waals surface area contributed by atoms with E-state index in [1.807, 2.05) is 35.8 Å². The van der Waals surface area contributed by atoms with Crippen LogP contribution in [0.1, 0.15) is 16.1 Å². The Morgan fingerprint density at radius 1 is 1.22 bits per heavy atom. The lowest BCUT2D eigenvalue weighted by atomic mass is 10.3. The Hall–Kier alpha value is -2.26. The van der Waals surface area contributed by atoms with Gasteiger partial charge in [-0.05, 0) is 25.2 Å². The Labute approximate surface area is 139 Å². The number of aliphatic hydroxyl groups excluding tert-OH is 1. The molecule has 4 nitrogen and oxygen atoms in total. The van der Waals surface area contributed by atoms with Crippen molar-refractivity contribution < 1.29 is 5.11 Å². The van der Waals surface area contributed by atoms with Gasteiger partial charge in [0.1, 0.15) is 6.61 Å². The molecule has 0 aliphatic rings. The molecule has 23 heavy (non-hydrogen) atoms. The Balaban J connectivity index is 1.65. The van der Waals surface area contributed by atoms with Crippen molar-refractivity contribution in [2.75, 3.05) is 13.7 Å². The molecule has 3 aromatic rings. The van der Waals surface area contributed by atoms with E-state index in [9.17, 15) is 0 Å². The van der Waals surface area contributed by atoms with Gasteiger partial charge in [-0.3, -0.25) is 9.88 Å². The van der Waals surface area contributed by atoms with Gasteiger partial charge in [-0.25, -0.2) is 4.98 Å². The molecular weight excluding hydrogens is 306 g/mol. The number of aromatic nitrogens is 2. The first kappa shape index (κ1) is 15.6. The van der Waals surface area contributed by atoms with Crippen LogP contribution in [0, 0.1) is 11.8 Å². The molecule has 0 radical (unpaired) electrons. The normalized spacial score (nSPS) is 10.7. The zero-order chi connectivity index (χ0) is 16.1. The van der Waals surface area contributed by atoms with Crippen LogP contribution in [0.4, 0.5) is 0 Å². The molecule has 0 unspecified atom stereocenters. The van der Waals surface area contributed by atoms with Crippen LogP contribution >= 0.6 is 11.3 Å². The molecule has 0 aliphatic carbocycles. The van der Waals surface area contributed by atoms with Crippen LogP contribution in [0.5, 0.6) is 0 Å². The van der Waals surface area contributed by atoms with E-state index in [1.54, 1.807) is 11.3 Å². The van der Waals surface area contributed by atoms with Crippen LogP contribution < -0.4 is 0 Å². The lowest BCUT2D eigenvalue weighted by Crippen LogP contribution is -2.17. The molecule has 2 heterocycles. The zero-order valence-electron chi connectivity index (χ0n) is 12.9. The summed E-state index contributed by atoms with van der Waals surface area (Å²) in [5.41, 5.74) is 3.77. The molecule has 0 spiro atoms. The SMILES string of the molecule is CN(Cc1cnc2ccccc2n1)Cc1cc(C#CCO)cs1. The van der Waals surface area contributed by atoms with E-state index in [-0.39, 0.29) is 6.61 Å². The molecule has 5 heteroatoms. The topological polar surface area (TPSA) is 49.2 Å². The molecule has 0 aliphatic heterocycles. The summed E-state index contributed by atoms with van der Waals surface area (Å²) >= 11 is 1.68. The van der Waals surface area contributed by atoms with Gasteiger partial charge in [-0.2, -0.15) is 0 Å². The van der Waals surface area contributed by atoms with Crippen molar-refractivity contribution >= 4 is 22.4 Å². The lowest BCUT2D eigenvalue weighted by molar-refractivity contribution is 0.318. The van der Waals surface area contributed by atoms with Crippen molar-refractivity contribution in [1.82, 2.24) is 14.9 Å². The molecule has 0 bridgehead atoms. The smallest absolute Gasteiger partial charge is 0.104 e. The summed E-state index contributed by atoms with van der Waals surface area (Å²) in [6.07, 6.45) is 1.84. The van der Waals surface area contributed by atoms with E-state index >= 15 is 0 Å². The Kier molecular flexibility index (Phi) is 4.99. The first-order valence-corrected chi connectivity index (χ1v) is 8.19. The number of thiophene rings is 1. The summed E-state index contributed by atoms with van der Waals surface area (Å²) in [6, 6.07) is 9.96. The van der Waals surface area contributed by atoms with Crippen LogP contribution in [-0.4, -0.2) is 33.6 Å². The molecule has 0 amide bonds. The summed E-state index contributed by atoms with van der Waals surface area (Å²) in [4.78, 5) is 12.5. The predicted molar refractivity (Wildman–Crippen MR) is 93.0 cm³/mol. The Morgan fingerprint density at radius 3 is 2.87 bits per heavy atom. The fourth-order valence-electron chi connectivity index (χ4n) is 2.34. The second kappa shape index (κ2) is 7.34. The highest BCUT2D eigenvalue weighted by atomic mass is 32.1. The molecule has 0 atom stereocenters. The second-order valence-electron chi connectivity index (χ2n) is 5.28. The molecular formula is C18H17N3OS. The van der Waals surface area contributed by atoms with Gasteiger partial charge >= 0.3 is 0 Å². The minimum Gasteiger partial charge on any atom is -0.384 e. The number of hydrogen-bond acceptors (Lipinski definition) is 5. The standard InChI is InChI=1S/C18H17N3OS/c1-21(12-16-9-14(13-23-16)5-4-8-22)11-15-10-19-17-6-2-3-7-18(17)20-15/h2-3,6-7,9-10,13,22H,8,11-12H2,1H3. The number of rotatable bonds is 4. The largest absolute Gasteiger partial charge is 0.384 e. The van der Waals surface area contributed by atoms with E-state index in [2.05, 4.69) is 39.8 Å². The quantitative estimate of drug-likeness (QED) is 0.750. The number of aliphatic hydroxyl groups is 1. The van der Waals surface area contributed by atoms with Gasteiger partial charge in [0.25, 0.3) is 0 Å². The van der Waals surface area contributed by atoms with Gasteiger partial charge < -0.3 is 5.11 Å². The fraction of sp³-hybridized carbons (Fsp3) is 0.222. The van der Waals surface area contributed by atoms with Crippen molar-refractivity contribution in [3.63, 3.8) is 0 Å². The fourth-order valence-corrected chi connectivity index (χ4v) is 3.24. The van der Waals surface area contributed by atoms with E-state index in [1.165, 1.54) is 4.88 Å². The van der Waals surface area contributed by atoms with Crippen molar-refractivity contribution in [3.8, 4) is 11.8 Å². The zero-order valence-corrected chi connectivity index (χ0v) is 13.7. The first-order chi connectivity index (χ1) is 11.2. The number of benzene rings is 1. The molecule has 116 valence electrons. The maximum absolute atomic E-state index is 8.73. The molecule has 0 saturated carbocycles. The second-order valence-corrected chi connectivity index (χ2v) is 6.28. The number of nitrogens with zero attached hydrogens (tertiary/aromatic N) is 3. The van der Waals surface area contributed by atoms with Crippen LogP contribution in [0.2, 0.25) is 0 Å². The highest BCUT2D eigenvalue weighted by molar-refractivity contribution is 7.10. The average molecular weight is 323 g/mol. The van der Waals surface area contributed by atoms with Gasteiger partial charge in [-0.15, -0.1) is 11.3 Å². The van der Waals surface area contributed by atoms with Crippen molar-refractivity contribution in [2.24, 2.45) is 0 Å². The number of fused-ring (bicyclic) bond motifs is 1. The average Bonchev–Trinajstić information content (AvgIpc) is 3.00. The third kappa shape index (κ3) is 4.14. The molecule has 3 rings (SSSR count). The van der Waals surface area contributed by atoms with Crippen molar-refractivity contribution in [2.45, 2.75) is 13.1 Å². The summed E-state index contributed by atoms with van der Waals surface area (Å²) in [5, 5.41) is 10.7. The Morgan fingerprint density at radius 2 is 2.04 bits per heavy atom. The summed E-state index contributed by atoms with van der Waals surface area (Å²) in [5.74, 6) is 5.60. The van der Waals surface area contributed by atoms with Crippen LogP contribution in [0.3, 0.4) is 0 Å². The van der Waals surface area contributed by atoms with Crippen molar-refractivity contribution in [3.05, 3.63) is 58.0 Å². The van der Waals surface area contributed by atoms with E-state index in [4.69, 9.17) is 5.11 Å². The molecule has 0 saturated heterocycles. The first-order valence-electron chi connectivity index (χ1n) is 7.31. The third-order valence-electron chi connectivity index (χ3n) is 3.32. The van der Waals surface area contributed by atoms with Crippen LogP contribution in [0.15, 0.2) is 41.9 Å². The van der Waals surface area contributed by atoms with Gasteiger partial charge in [0.15, 0.2) is 0 Å². The summed E-state index contributed by atoms with van der Waals surface area (Å²) in [7, 11) is 2.07. The summed E-state index contributed by atoms with van der Waals surface area (Å²) in [6.45, 7) is 1.47. The highest BCUT2D eigenvalue weighted by Gasteiger charge is 2.06. The highest BCUT2D eigenvalue weighted by Crippen LogP contribution is 2.17. The van der Waals surface area contributed by atoms with Gasteiger partial charge in [0, 0.05) is 28.9 Å². The maximum atomic E-state index is 8.73. The van der Waals surface area contributed by atoms with E-state index < -0.39 is 0 Å². The molecule has 1 N–H and O–H groups in total. The number of hydrogen-bond donors (Lipinski definition) is 1. The monoisotopic (exact) mass is 323 g/mol. The summed E-state index contributed by atoms with van der Waals surface area (Å²) < 4.78 is 0. The third-order valence-corrected chi connectivity index (χ3v) is 4.24. The van der Waals surface area contributed by atoms with E-state index in [0.29, 0.717) is 0 Å². The predicted octanol–water partition coefficient (Wildman–Crippen LogP) is 2.67. The molecule has 0 fully saturated rings. The molecule has 1 aromatic carbocycles. The van der Waals surface area contributed by atoms with Gasteiger partial charge in [-0.1, -0.05) is 24.0 Å².